The molecule has 0 spiro atoms. The van der Waals surface area contributed by atoms with E-state index in [9.17, 15) is 22.0 Å². The van der Waals surface area contributed by atoms with E-state index in [4.69, 9.17) is 0 Å². The Morgan fingerprint density at radius 3 is 2.05 bits per heavy atom. The summed E-state index contributed by atoms with van der Waals surface area (Å²) in [5.41, 5.74) is -0.948. The summed E-state index contributed by atoms with van der Waals surface area (Å²) >= 11 is 0. The van der Waals surface area contributed by atoms with E-state index in [0.717, 1.165) is 26.1 Å². The van der Waals surface area contributed by atoms with Crippen LogP contribution in [0.1, 0.15) is 13.3 Å². The third-order valence-corrected chi connectivity index (χ3v) is 3.59. The summed E-state index contributed by atoms with van der Waals surface area (Å²) in [5, 5.41) is 2.35. The van der Waals surface area contributed by atoms with Crippen LogP contribution in [0.2, 0.25) is 0 Å². The van der Waals surface area contributed by atoms with Crippen LogP contribution in [-0.4, -0.2) is 31.1 Å². The van der Waals surface area contributed by atoms with Gasteiger partial charge < -0.3 is 10.2 Å². The van der Waals surface area contributed by atoms with Crippen molar-refractivity contribution in [3.8, 4) is 0 Å². The van der Waals surface area contributed by atoms with Gasteiger partial charge in [-0.1, -0.05) is 6.92 Å². The molecule has 2 rings (SSSR count). The minimum Gasteiger partial charge on any atom is -0.380 e. The number of likely N-dealkylation sites (tertiary alicyclic amines) is 1. The van der Waals surface area contributed by atoms with Gasteiger partial charge in [-0.15, -0.1) is 0 Å². The molecule has 0 aliphatic carbocycles. The van der Waals surface area contributed by atoms with Crippen LogP contribution in [0.3, 0.4) is 0 Å². The third kappa shape index (κ3) is 2.72. The molecule has 112 valence electrons. The number of benzene rings is 1. The zero-order valence-electron chi connectivity index (χ0n) is 10.9. The molecular weight excluding hydrogens is 279 g/mol. The smallest absolute Gasteiger partial charge is 0.200 e. The molecule has 1 aromatic rings. The molecule has 0 radical (unpaired) electrons. The third-order valence-electron chi connectivity index (χ3n) is 3.59. The molecule has 1 N–H and O–H groups in total. The van der Waals surface area contributed by atoms with E-state index in [-0.39, 0.29) is 12.5 Å². The highest BCUT2D eigenvalue weighted by Gasteiger charge is 2.27. The fourth-order valence-corrected chi connectivity index (χ4v) is 2.37. The molecule has 0 saturated carbocycles. The summed E-state index contributed by atoms with van der Waals surface area (Å²) in [5.74, 6) is -9.48. The minimum absolute atomic E-state index is 0.130. The molecule has 0 aromatic heterocycles. The van der Waals surface area contributed by atoms with Gasteiger partial charge in [0.2, 0.25) is 5.82 Å². The summed E-state index contributed by atoms with van der Waals surface area (Å²) in [6.45, 7) is 4.67. The van der Waals surface area contributed by atoms with Crippen molar-refractivity contribution >= 4 is 5.69 Å². The van der Waals surface area contributed by atoms with Gasteiger partial charge in [-0.2, -0.15) is 0 Å². The second-order valence-electron chi connectivity index (χ2n) is 4.87. The Morgan fingerprint density at radius 1 is 1.00 bits per heavy atom. The first kappa shape index (κ1) is 15.0. The molecule has 20 heavy (non-hydrogen) atoms. The molecule has 1 aliphatic heterocycles. The zero-order valence-corrected chi connectivity index (χ0v) is 10.9. The average molecular weight is 294 g/mol. The van der Waals surface area contributed by atoms with Crippen molar-refractivity contribution in [1.29, 1.82) is 0 Å². The van der Waals surface area contributed by atoms with Crippen LogP contribution in [0.4, 0.5) is 27.6 Å². The molecule has 1 aromatic carbocycles. The normalized spacial score (nSPS) is 19.6. The van der Waals surface area contributed by atoms with Crippen LogP contribution in [0, 0.1) is 35.0 Å². The molecule has 1 heterocycles. The molecule has 2 nitrogen and oxygen atoms in total. The largest absolute Gasteiger partial charge is 0.380 e. The number of hydrogen-bond acceptors (Lipinski definition) is 2. The molecule has 1 unspecified atom stereocenters. The highest BCUT2D eigenvalue weighted by molar-refractivity contribution is 5.47. The SMILES string of the molecule is CCN1CCC(CNc2c(F)c(F)c(F)c(F)c2F)C1. The summed E-state index contributed by atoms with van der Waals surface area (Å²) in [6, 6.07) is 0. The lowest BCUT2D eigenvalue weighted by atomic mass is 10.1. The Bertz CT molecular complexity index is 477. The summed E-state index contributed by atoms with van der Waals surface area (Å²) < 4.78 is 65.7. The van der Waals surface area contributed by atoms with Crippen molar-refractivity contribution in [1.82, 2.24) is 4.90 Å². The van der Waals surface area contributed by atoms with E-state index in [2.05, 4.69) is 10.2 Å². The van der Waals surface area contributed by atoms with E-state index in [0.29, 0.717) is 0 Å². The lowest BCUT2D eigenvalue weighted by Gasteiger charge is -2.15. The Kier molecular flexibility index (Phi) is 4.47. The maximum absolute atomic E-state index is 13.4. The van der Waals surface area contributed by atoms with Crippen molar-refractivity contribution in [2.45, 2.75) is 13.3 Å². The molecule has 7 heteroatoms. The van der Waals surface area contributed by atoms with Gasteiger partial charge in [0, 0.05) is 13.1 Å². The van der Waals surface area contributed by atoms with E-state index in [1.54, 1.807) is 0 Å². The van der Waals surface area contributed by atoms with Crippen molar-refractivity contribution in [2.75, 3.05) is 31.5 Å². The first-order valence-corrected chi connectivity index (χ1v) is 6.43. The quantitative estimate of drug-likeness (QED) is 0.521. The van der Waals surface area contributed by atoms with Crippen LogP contribution >= 0.6 is 0 Å². The predicted octanol–water partition coefficient (Wildman–Crippen LogP) is 3.14. The zero-order chi connectivity index (χ0) is 14.9. The van der Waals surface area contributed by atoms with Gasteiger partial charge in [-0.3, -0.25) is 0 Å². The fraction of sp³-hybridized carbons (Fsp3) is 0.538. The number of hydrogen-bond donors (Lipinski definition) is 1. The van der Waals surface area contributed by atoms with Crippen LogP contribution in [-0.2, 0) is 0 Å². The van der Waals surface area contributed by atoms with Gasteiger partial charge in [-0.05, 0) is 25.4 Å². The lowest BCUT2D eigenvalue weighted by molar-refractivity contribution is 0.344. The molecule has 0 amide bonds. The van der Waals surface area contributed by atoms with Crippen LogP contribution in [0.15, 0.2) is 0 Å². The van der Waals surface area contributed by atoms with Crippen molar-refractivity contribution in [3.63, 3.8) is 0 Å². The number of rotatable bonds is 4. The van der Waals surface area contributed by atoms with E-state index < -0.39 is 34.8 Å². The maximum Gasteiger partial charge on any atom is 0.200 e. The first-order chi connectivity index (χ1) is 9.45. The number of halogens is 5. The minimum atomic E-state index is -2.14. The summed E-state index contributed by atoms with van der Waals surface area (Å²) in [4.78, 5) is 2.16. The molecule has 1 saturated heterocycles. The second kappa shape index (κ2) is 5.95. The van der Waals surface area contributed by atoms with E-state index in [1.165, 1.54) is 0 Å². The van der Waals surface area contributed by atoms with E-state index in [1.807, 2.05) is 6.92 Å². The lowest BCUT2D eigenvalue weighted by Crippen LogP contribution is -2.23. The topological polar surface area (TPSA) is 15.3 Å². The molecule has 1 aliphatic rings. The van der Waals surface area contributed by atoms with Crippen molar-refractivity contribution < 1.29 is 22.0 Å². The van der Waals surface area contributed by atoms with Gasteiger partial charge in [0.15, 0.2) is 23.3 Å². The second-order valence-corrected chi connectivity index (χ2v) is 4.87. The van der Waals surface area contributed by atoms with Crippen LogP contribution < -0.4 is 5.32 Å². The van der Waals surface area contributed by atoms with Crippen molar-refractivity contribution in [2.24, 2.45) is 5.92 Å². The summed E-state index contributed by atoms with van der Waals surface area (Å²) in [6.07, 6.45) is 0.830. The Balaban J connectivity index is 2.11. The Labute approximate surface area is 113 Å². The maximum atomic E-state index is 13.4. The average Bonchev–Trinajstić information content (AvgIpc) is 2.91. The number of nitrogens with one attached hydrogen (secondary N) is 1. The van der Waals surface area contributed by atoms with E-state index >= 15 is 0 Å². The summed E-state index contributed by atoms with van der Waals surface area (Å²) in [7, 11) is 0. The predicted molar refractivity (Wildman–Crippen MR) is 64.9 cm³/mol. The molecule has 1 fully saturated rings. The molecule has 1 atom stereocenters. The monoisotopic (exact) mass is 294 g/mol. The Hall–Kier alpha value is -1.37. The number of nitrogens with zero attached hydrogens (tertiary/aromatic N) is 1. The highest BCUT2D eigenvalue weighted by Crippen LogP contribution is 2.27. The molecular formula is C13H15F5N2. The first-order valence-electron chi connectivity index (χ1n) is 6.43. The van der Waals surface area contributed by atoms with Crippen LogP contribution in [0.5, 0.6) is 0 Å². The number of anilines is 1. The standard InChI is InChI=1S/C13H15F5N2/c1-2-20-4-3-7(6-20)5-19-13-11(17)9(15)8(14)10(16)12(13)18/h7,19H,2-6H2,1H3. The highest BCUT2D eigenvalue weighted by atomic mass is 19.2. The van der Waals surface area contributed by atoms with Gasteiger partial charge in [0.25, 0.3) is 0 Å². The van der Waals surface area contributed by atoms with Gasteiger partial charge in [0.05, 0.1) is 0 Å². The molecule has 0 bridgehead atoms. The van der Waals surface area contributed by atoms with Crippen LogP contribution in [0.25, 0.3) is 0 Å². The van der Waals surface area contributed by atoms with Crippen molar-refractivity contribution in [3.05, 3.63) is 29.1 Å². The van der Waals surface area contributed by atoms with Gasteiger partial charge >= 0.3 is 0 Å². The fourth-order valence-electron chi connectivity index (χ4n) is 2.37. The van der Waals surface area contributed by atoms with Gasteiger partial charge in [-0.25, -0.2) is 22.0 Å². The Morgan fingerprint density at radius 2 is 1.55 bits per heavy atom. The van der Waals surface area contributed by atoms with Gasteiger partial charge in [0.1, 0.15) is 5.69 Å².